The first-order chi connectivity index (χ1) is 9.06. The van der Waals surface area contributed by atoms with Gasteiger partial charge < -0.3 is 19.3 Å². The van der Waals surface area contributed by atoms with Crippen LogP contribution in [0.2, 0.25) is 0 Å². The van der Waals surface area contributed by atoms with Crippen molar-refractivity contribution in [1.82, 2.24) is 0 Å². The molecule has 0 aromatic heterocycles. The zero-order valence-corrected chi connectivity index (χ0v) is 12.1. The number of carboxylic acid groups (broad SMARTS) is 1. The highest BCUT2D eigenvalue weighted by Gasteiger charge is 2.34. The summed E-state index contributed by atoms with van der Waals surface area (Å²) in [5.41, 5.74) is 0. The van der Waals surface area contributed by atoms with Gasteiger partial charge in [0.1, 0.15) is 6.79 Å². The average Bonchev–Trinajstić information content (AvgIpc) is 2.81. The molecule has 3 atom stereocenters. The molecule has 0 spiro atoms. The first-order valence-electron chi connectivity index (χ1n) is 7.10. The number of carboxylic acids is 1. The van der Waals surface area contributed by atoms with Gasteiger partial charge in [-0.2, -0.15) is 0 Å². The Morgan fingerprint density at radius 3 is 2.68 bits per heavy atom. The SMILES string of the molecule is CCCCOC(CC1COCO1)C(C(=O)O)C(C)C. The van der Waals surface area contributed by atoms with Crippen LogP contribution in [0.25, 0.3) is 0 Å². The molecule has 1 fully saturated rings. The molecule has 0 aliphatic carbocycles. The van der Waals surface area contributed by atoms with Crippen molar-refractivity contribution in [2.24, 2.45) is 11.8 Å². The third-order valence-electron chi connectivity index (χ3n) is 3.42. The van der Waals surface area contributed by atoms with E-state index in [1.165, 1.54) is 0 Å². The molecule has 112 valence electrons. The summed E-state index contributed by atoms with van der Waals surface area (Å²) in [6.45, 7) is 7.35. The smallest absolute Gasteiger partial charge is 0.309 e. The van der Waals surface area contributed by atoms with Crippen molar-refractivity contribution in [2.45, 2.75) is 52.2 Å². The van der Waals surface area contributed by atoms with Crippen molar-refractivity contribution in [3.8, 4) is 0 Å². The molecule has 5 heteroatoms. The maximum Gasteiger partial charge on any atom is 0.309 e. The Balaban J connectivity index is 2.61. The van der Waals surface area contributed by atoms with Crippen molar-refractivity contribution < 1.29 is 24.1 Å². The first kappa shape index (κ1) is 16.4. The molecule has 5 nitrogen and oxygen atoms in total. The second-order valence-electron chi connectivity index (χ2n) is 5.38. The Hall–Kier alpha value is -0.650. The van der Waals surface area contributed by atoms with Gasteiger partial charge in [-0.15, -0.1) is 0 Å². The fraction of sp³-hybridized carbons (Fsp3) is 0.929. The van der Waals surface area contributed by atoms with Crippen LogP contribution in [0, 0.1) is 11.8 Å². The highest BCUT2D eigenvalue weighted by Crippen LogP contribution is 2.25. The van der Waals surface area contributed by atoms with E-state index in [2.05, 4.69) is 6.92 Å². The Morgan fingerprint density at radius 2 is 2.21 bits per heavy atom. The van der Waals surface area contributed by atoms with E-state index < -0.39 is 11.9 Å². The average molecular weight is 274 g/mol. The van der Waals surface area contributed by atoms with E-state index in [-0.39, 0.29) is 18.1 Å². The van der Waals surface area contributed by atoms with Gasteiger partial charge in [-0.05, 0) is 12.3 Å². The normalized spacial score (nSPS) is 22.6. The number of hydrogen-bond donors (Lipinski definition) is 1. The maximum atomic E-state index is 11.4. The topological polar surface area (TPSA) is 65.0 Å². The van der Waals surface area contributed by atoms with Crippen LogP contribution in [0.5, 0.6) is 0 Å². The molecule has 1 rings (SSSR count). The van der Waals surface area contributed by atoms with Gasteiger partial charge >= 0.3 is 5.97 Å². The van der Waals surface area contributed by atoms with Crippen LogP contribution in [0.15, 0.2) is 0 Å². The van der Waals surface area contributed by atoms with Gasteiger partial charge in [0.25, 0.3) is 0 Å². The summed E-state index contributed by atoms with van der Waals surface area (Å²) in [7, 11) is 0. The first-order valence-corrected chi connectivity index (χ1v) is 7.10. The maximum absolute atomic E-state index is 11.4. The highest BCUT2D eigenvalue weighted by atomic mass is 16.7. The van der Waals surface area contributed by atoms with Gasteiger partial charge in [0.2, 0.25) is 0 Å². The fourth-order valence-corrected chi connectivity index (χ4v) is 2.34. The Kier molecular flexibility index (Phi) is 7.34. The quantitative estimate of drug-likeness (QED) is 0.653. The largest absolute Gasteiger partial charge is 0.481 e. The fourth-order valence-electron chi connectivity index (χ4n) is 2.34. The van der Waals surface area contributed by atoms with Crippen molar-refractivity contribution >= 4 is 5.97 Å². The molecule has 19 heavy (non-hydrogen) atoms. The van der Waals surface area contributed by atoms with Gasteiger partial charge in [-0.3, -0.25) is 4.79 Å². The third kappa shape index (κ3) is 5.47. The summed E-state index contributed by atoms with van der Waals surface area (Å²) in [5.74, 6) is -1.26. The number of carbonyl (C=O) groups is 1. The van der Waals surface area contributed by atoms with Crippen LogP contribution in [0.3, 0.4) is 0 Å². The molecule has 0 amide bonds. The van der Waals surface area contributed by atoms with Crippen molar-refractivity contribution in [3.05, 3.63) is 0 Å². The molecule has 0 radical (unpaired) electrons. The lowest BCUT2D eigenvalue weighted by Gasteiger charge is -2.28. The van der Waals surface area contributed by atoms with Gasteiger partial charge in [0, 0.05) is 13.0 Å². The minimum atomic E-state index is -0.796. The summed E-state index contributed by atoms with van der Waals surface area (Å²) >= 11 is 0. The molecule has 0 aromatic carbocycles. The summed E-state index contributed by atoms with van der Waals surface area (Å²) in [4.78, 5) is 11.4. The van der Waals surface area contributed by atoms with Gasteiger partial charge in [-0.1, -0.05) is 27.2 Å². The minimum absolute atomic E-state index is 0.0337. The number of ether oxygens (including phenoxy) is 3. The summed E-state index contributed by atoms with van der Waals surface area (Å²) in [6, 6.07) is 0. The Morgan fingerprint density at radius 1 is 1.47 bits per heavy atom. The Labute approximate surface area is 115 Å². The summed E-state index contributed by atoms with van der Waals surface area (Å²) in [6.07, 6.45) is 2.21. The van der Waals surface area contributed by atoms with Crippen molar-refractivity contribution in [2.75, 3.05) is 20.0 Å². The van der Waals surface area contributed by atoms with E-state index in [4.69, 9.17) is 14.2 Å². The monoisotopic (exact) mass is 274 g/mol. The van der Waals surface area contributed by atoms with Crippen LogP contribution >= 0.6 is 0 Å². The number of rotatable bonds is 9. The predicted molar refractivity (Wildman–Crippen MR) is 70.9 cm³/mol. The van der Waals surface area contributed by atoms with Crippen LogP contribution in [0.1, 0.15) is 40.0 Å². The molecular weight excluding hydrogens is 248 g/mol. The van der Waals surface area contributed by atoms with Crippen LogP contribution < -0.4 is 0 Å². The molecule has 0 aromatic rings. The van der Waals surface area contributed by atoms with Gasteiger partial charge in [-0.25, -0.2) is 0 Å². The molecule has 1 heterocycles. The summed E-state index contributed by atoms with van der Waals surface area (Å²) in [5, 5.41) is 9.39. The molecule has 0 saturated carbocycles. The van der Waals surface area contributed by atoms with E-state index in [0.717, 1.165) is 12.8 Å². The van der Waals surface area contributed by atoms with E-state index >= 15 is 0 Å². The molecule has 1 N–H and O–H groups in total. The summed E-state index contributed by atoms with van der Waals surface area (Å²) < 4.78 is 16.4. The molecule has 1 aliphatic heterocycles. The van der Waals surface area contributed by atoms with Gasteiger partial charge in [0.15, 0.2) is 0 Å². The van der Waals surface area contributed by atoms with Crippen molar-refractivity contribution in [1.29, 1.82) is 0 Å². The van der Waals surface area contributed by atoms with Crippen LogP contribution in [-0.2, 0) is 19.0 Å². The predicted octanol–water partition coefficient (Wildman–Crippen LogP) is 2.29. The lowest BCUT2D eigenvalue weighted by atomic mass is 9.87. The Bertz CT molecular complexity index is 261. The van der Waals surface area contributed by atoms with Gasteiger partial charge in [0.05, 0.1) is 24.7 Å². The lowest BCUT2D eigenvalue weighted by Crippen LogP contribution is -2.37. The molecule has 1 saturated heterocycles. The van der Waals surface area contributed by atoms with E-state index in [0.29, 0.717) is 26.4 Å². The zero-order valence-electron chi connectivity index (χ0n) is 12.1. The highest BCUT2D eigenvalue weighted by molar-refractivity contribution is 5.71. The van der Waals surface area contributed by atoms with Crippen LogP contribution in [-0.4, -0.2) is 43.3 Å². The van der Waals surface area contributed by atoms with E-state index in [1.54, 1.807) is 0 Å². The van der Waals surface area contributed by atoms with Crippen molar-refractivity contribution in [3.63, 3.8) is 0 Å². The van der Waals surface area contributed by atoms with E-state index in [1.807, 2.05) is 13.8 Å². The van der Waals surface area contributed by atoms with Crippen LogP contribution in [0.4, 0.5) is 0 Å². The van der Waals surface area contributed by atoms with E-state index in [9.17, 15) is 9.90 Å². The molecule has 0 bridgehead atoms. The second-order valence-corrected chi connectivity index (χ2v) is 5.38. The minimum Gasteiger partial charge on any atom is -0.481 e. The third-order valence-corrected chi connectivity index (χ3v) is 3.42. The second kappa shape index (κ2) is 8.51. The molecule has 1 aliphatic rings. The number of unbranched alkanes of at least 4 members (excludes halogenated alkanes) is 1. The standard InChI is InChI=1S/C14H26O5/c1-4-5-6-18-12(7-11-8-17-9-19-11)13(10(2)3)14(15)16/h10-13H,4-9H2,1-3H3,(H,15,16). The molecular formula is C14H26O5. The lowest BCUT2D eigenvalue weighted by molar-refractivity contribution is -0.151. The number of aliphatic carboxylic acids is 1. The number of hydrogen-bond acceptors (Lipinski definition) is 4. The molecule has 3 unspecified atom stereocenters. The zero-order chi connectivity index (χ0) is 14.3.